The molecule has 1 heterocycles. The molecule has 1 atom stereocenters. The van der Waals surface area contributed by atoms with Gasteiger partial charge >= 0.3 is 0 Å². The summed E-state index contributed by atoms with van der Waals surface area (Å²) in [6, 6.07) is 9.00. The Balaban J connectivity index is 1.96. The summed E-state index contributed by atoms with van der Waals surface area (Å²) in [6.45, 7) is 4.46. The van der Waals surface area contributed by atoms with Crippen molar-refractivity contribution in [3.8, 4) is 0 Å². The number of rotatable bonds is 6. The highest BCUT2D eigenvalue weighted by Gasteiger charge is 2.08. The van der Waals surface area contributed by atoms with Crippen LogP contribution >= 0.6 is 0 Å². The van der Waals surface area contributed by atoms with E-state index in [-0.39, 0.29) is 0 Å². The average molecular weight is 243 g/mol. The molecule has 2 aromatic rings. The van der Waals surface area contributed by atoms with E-state index < -0.39 is 0 Å². The van der Waals surface area contributed by atoms with Crippen molar-refractivity contribution < 1.29 is 0 Å². The van der Waals surface area contributed by atoms with Crippen molar-refractivity contribution in [1.82, 2.24) is 15.4 Å². The minimum atomic E-state index is 0.482. The van der Waals surface area contributed by atoms with Crippen LogP contribution in [0.1, 0.15) is 49.4 Å². The molecule has 1 aromatic heterocycles. The lowest BCUT2D eigenvalue weighted by Crippen LogP contribution is -1.99. The molecule has 0 aliphatic rings. The van der Waals surface area contributed by atoms with Gasteiger partial charge in [-0.25, -0.2) is 0 Å². The first-order valence-corrected chi connectivity index (χ1v) is 6.73. The highest BCUT2D eigenvalue weighted by Crippen LogP contribution is 2.20. The average Bonchev–Trinajstić information content (AvgIpc) is 2.89. The van der Waals surface area contributed by atoms with Crippen LogP contribution in [-0.2, 0) is 12.8 Å². The Bertz CT molecular complexity index is 445. The van der Waals surface area contributed by atoms with Gasteiger partial charge in [-0.1, -0.05) is 44.5 Å². The Morgan fingerprint density at radius 1 is 1.22 bits per heavy atom. The van der Waals surface area contributed by atoms with E-state index in [4.69, 9.17) is 0 Å². The van der Waals surface area contributed by atoms with Gasteiger partial charge in [0.25, 0.3) is 0 Å². The van der Waals surface area contributed by atoms with E-state index in [0.29, 0.717) is 5.92 Å². The van der Waals surface area contributed by atoms with Gasteiger partial charge in [-0.3, -0.25) is 0 Å². The predicted octanol–water partition coefficient (Wildman–Crippen LogP) is 3.49. The fraction of sp³-hybridized carbons (Fsp3) is 0.467. The fourth-order valence-electron chi connectivity index (χ4n) is 2.15. The van der Waals surface area contributed by atoms with Crippen LogP contribution in [-0.4, -0.2) is 15.4 Å². The van der Waals surface area contributed by atoms with Crippen LogP contribution in [0.15, 0.2) is 30.5 Å². The standard InChI is InChI=1S/C15H21N3/c1-3-4-5-13-6-8-14(9-7-13)12(2)10-15-11-16-18-17-15/h6-9,11-12H,3-5,10H2,1-2H3,(H,16,17,18). The smallest absolute Gasteiger partial charge is 0.0830 e. The molecular formula is C15H21N3. The number of unbranched alkanes of at least 4 members (excludes halogenated alkanes) is 1. The number of nitrogens with one attached hydrogen (secondary N) is 1. The number of hydrogen-bond acceptors (Lipinski definition) is 2. The summed E-state index contributed by atoms with van der Waals surface area (Å²) in [5, 5.41) is 10.6. The second-order valence-corrected chi connectivity index (χ2v) is 4.91. The second kappa shape index (κ2) is 6.34. The maximum Gasteiger partial charge on any atom is 0.0830 e. The quantitative estimate of drug-likeness (QED) is 0.843. The minimum absolute atomic E-state index is 0.482. The molecule has 0 radical (unpaired) electrons. The third-order valence-electron chi connectivity index (χ3n) is 3.35. The summed E-state index contributed by atoms with van der Waals surface area (Å²) in [6.07, 6.45) is 6.45. The number of H-pyrrole nitrogens is 1. The first kappa shape index (κ1) is 12.8. The van der Waals surface area contributed by atoms with Crippen LogP contribution in [0.5, 0.6) is 0 Å². The molecule has 18 heavy (non-hydrogen) atoms. The zero-order chi connectivity index (χ0) is 12.8. The van der Waals surface area contributed by atoms with Gasteiger partial charge in [0.15, 0.2) is 0 Å². The lowest BCUT2D eigenvalue weighted by atomic mass is 9.95. The topological polar surface area (TPSA) is 41.6 Å². The van der Waals surface area contributed by atoms with Crippen molar-refractivity contribution in [1.29, 1.82) is 0 Å². The summed E-state index contributed by atoms with van der Waals surface area (Å²) in [5.41, 5.74) is 3.84. The molecule has 1 N–H and O–H groups in total. The van der Waals surface area contributed by atoms with E-state index in [1.807, 2.05) is 0 Å². The number of aromatic nitrogens is 3. The van der Waals surface area contributed by atoms with E-state index >= 15 is 0 Å². The molecule has 3 heteroatoms. The molecule has 0 amide bonds. The first-order chi connectivity index (χ1) is 8.79. The zero-order valence-electron chi connectivity index (χ0n) is 11.2. The van der Waals surface area contributed by atoms with Gasteiger partial charge in [0.05, 0.1) is 11.9 Å². The summed E-state index contributed by atoms with van der Waals surface area (Å²) < 4.78 is 0. The Morgan fingerprint density at radius 3 is 2.61 bits per heavy atom. The first-order valence-electron chi connectivity index (χ1n) is 6.73. The summed E-state index contributed by atoms with van der Waals surface area (Å²) in [5.74, 6) is 0.482. The Morgan fingerprint density at radius 2 is 2.00 bits per heavy atom. The molecule has 3 nitrogen and oxygen atoms in total. The molecule has 0 aliphatic heterocycles. The molecule has 0 saturated carbocycles. The van der Waals surface area contributed by atoms with Crippen molar-refractivity contribution >= 4 is 0 Å². The Labute approximate surface area is 109 Å². The van der Waals surface area contributed by atoms with Crippen LogP contribution in [0.4, 0.5) is 0 Å². The van der Waals surface area contributed by atoms with E-state index in [1.54, 1.807) is 6.20 Å². The second-order valence-electron chi connectivity index (χ2n) is 4.91. The van der Waals surface area contributed by atoms with Crippen LogP contribution < -0.4 is 0 Å². The molecule has 1 unspecified atom stereocenters. The highest BCUT2D eigenvalue weighted by molar-refractivity contribution is 5.26. The summed E-state index contributed by atoms with van der Waals surface area (Å²) in [7, 11) is 0. The molecule has 96 valence electrons. The monoisotopic (exact) mass is 243 g/mol. The van der Waals surface area contributed by atoms with Gasteiger partial charge in [-0.15, -0.1) is 0 Å². The molecule has 0 bridgehead atoms. The van der Waals surface area contributed by atoms with E-state index in [0.717, 1.165) is 12.1 Å². The number of nitrogens with zero attached hydrogens (tertiary/aromatic N) is 2. The maximum absolute atomic E-state index is 4.10. The van der Waals surface area contributed by atoms with Crippen LogP contribution in [0.2, 0.25) is 0 Å². The van der Waals surface area contributed by atoms with Crippen LogP contribution in [0.25, 0.3) is 0 Å². The lowest BCUT2D eigenvalue weighted by molar-refractivity contribution is 0.734. The molecule has 0 aliphatic carbocycles. The predicted molar refractivity (Wildman–Crippen MR) is 73.6 cm³/mol. The Hall–Kier alpha value is -1.64. The maximum atomic E-state index is 4.10. The summed E-state index contributed by atoms with van der Waals surface area (Å²) >= 11 is 0. The van der Waals surface area contributed by atoms with Crippen molar-refractivity contribution in [3.05, 3.63) is 47.3 Å². The molecular weight excluding hydrogens is 222 g/mol. The Kier molecular flexibility index (Phi) is 4.51. The van der Waals surface area contributed by atoms with Crippen molar-refractivity contribution in [2.75, 3.05) is 0 Å². The van der Waals surface area contributed by atoms with Crippen LogP contribution in [0, 0.1) is 0 Å². The third-order valence-corrected chi connectivity index (χ3v) is 3.35. The summed E-state index contributed by atoms with van der Waals surface area (Å²) in [4.78, 5) is 0. The lowest BCUT2D eigenvalue weighted by Gasteiger charge is -2.10. The zero-order valence-corrected chi connectivity index (χ0v) is 11.2. The van der Waals surface area contributed by atoms with Crippen molar-refractivity contribution in [3.63, 3.8) is 0 Å². The minimum Gasteiger partial charge on any atom is -0.198 e. The molecule has 0 saturated heterocycles. The van der Waals surface area contributed by atoms with Gasteiger partial charge in [0.1, 0.15) is 0 Å². The highest BCUT2D eigenvalue weighted by atomic mass is 15.3. The van der Waals surface area contributed by atoms with E-state index in [2.05, 4.69) is 53.5 Å². The van der Waals surface area contributed by atoms with Gasteiger partial charge in [0, 0.05) is 0 Å². The molecule has 2 rings (SSSR count). The van der Waals surface area contributed by atoms with Crippen molar-refractivity contribution in [2.24, 2.45) is 0 Å². The van der Waals surface area contributed by atoms with E-state index in [1.165, 1.54) is 30.4 Å². The normalized spacial score (nSPS) is 12.6. The van der Waals surface area contributed by atoms with Crippen molar-refractivity contribution in [2.45, 2.75) is 45.4 Å². The van der Waals surface area contributed by atoms with Gasteiger partial charge in [-0.05, 0) is 36.3 Å². The number of aromatic amines is 1. The van der Waals surface area contributed by atoms with Crippen LogP contribution in [0.3, 0.4) is 0 Å². The number of benzene rings is 1. The van der Waals surface area contributed by atoms with Gasteiger partial charge in [0.2, 0.25) is 0 Å². The molecule has 1 aromatic carbocycles. The third kappa shape index (κ3) is 3.42. The van der Waals surface area contributed by atoms with E-state index in [9.17, 15) is 0 Å². The SMILES string of the molecule is CCCCc1ccc(C(C)Cc2cn[nH]n2)cc1. The number of hydrogen-bond donors (Lipinski definition) is 1. The van der Waals surface area contributed by atoms with Gasteiger partial charge in [-0.2, -0.15) is 15.4 Å². The molecule has 0 fully saturated rings. The fourth-order valence-corrected chi connectivity index (χ4v) is 2.15. The number of aryl methyl sites for hydroxylation is 1. The largest absolute Gasteiger partial charge is 0.198 e. The molecule has 0 spiro atoms. The van der Waals surface area contributed by atoms with Gasteiger partial charge < -0.3 is 0 Å².